The smallest absolute Gasteiger partial charge is 0.365 e. The number of esters is 1. The molecule has 2 aromatic carbocycles. The molecule has 0 saturated heterocycles. The normalized spacial score (nSPS) is 18.9. The Labute approximate surface area is 155 Å². The van der Waals surface area contributed by atoms with Crippen LogP contribution in [-0.4, -0.2) is 24.2 Å². The number of fused-ring (bicyclic) bond motifs is 2. The van der Waals surface area contributed by atoms with Crippen LogP contribution in [0.1, 0.15) is 16.7 Å². The zero-order valence-corrected chi connectivity index (χ0v) is 14.9. The third kappa shape index (κ3) is 3.31. The van der Waals surface area contributed by atoms with E-state index in [1.165, 1.54) is 24.8 Å². The van der Waals surface area contributed by atoms with E-state index in [9.17, 15) is 14.7 Å². The van der Waals surface area contributed by atoms with Crippen molar-refractivity contribution in [2.24, 2.45) is 0 Å². The first kappa shape index (κ1) is 17.3. The van der Waals surface area contributed by atoms with Gasteiger partial charge in [-0.1, -0.05) is 24.3 Å². The first-order valence-electron chi connectivity index (χ1n) is 8.80. The Morgan fingerprint density at radius 1 is 1.22 bits per heavy atom. The van der Waals surface area contributed by atoms with Crippen LogP contribution in [0.2, 0.25) is 0 Å². The predicted octanol–water partition coefficient (Wildman–Crippen LogP) is 1.18. The number of ether oxygens (including phenoxy) is 1. The predicted molar refractivity (Wildman–Crippen MR) is 98.5 cm³/mol. The van der Waals surface area contributed by atoms with Crippen LogP contribution >= 0.6 is 0 Å². The van der Waals surface area contributed by atoms with Crippen molar-refractivity contribution in [3.63, 3.8) is 0 Å². The van der Waals surface area contributed by atoms with Gasteiger partial charge in [-0.3, -0.25) is 0 Å². The quantitative estimate of drug-likeness (QED) is 0.537. The van der Waals surface area contributed by atoms with Crippen LogP contribution in [0.15, 0.2) is 57.7 Å². The largest absolute Gasteiger partial charge is 0.508 e. The molecule has 1 aliphatic rings. The molecule has 6 heteroatoms. The van der Waals surface area contributed by atoms with Crippen molar-refractivity contribution in [3.8, 4) is 5.75 Å². The van der Waals surface area contributed by atoms with Crippen LogP contribution in [0.3, 0.4) is 0 Å². The van der Waals surface area contributed by atoms with E-state index in [2.05, 4.69) is 6.07 Å². The second-order valence-electron chi connectivity index (χ2n) is 6.83. The van der Waals surface area contributed by atoms with Gasteiger partial charge in [-0.25, -0.2) is 9.59 Å². The van der Waals surface area contributed by atoms with Gasteiger partial charge in [-0.05, 0) is 17.7 Å². The standard InChI is InChI=1S/C21H19NO5/c1-26-21(25)18-8-13-4-2-3-5-14(13)11-22(18)12-15-9-20(24)27-19-10-16(23)6-7-17(15)19/h2-7,9-10,18,23H,8,11-12H2,1H3/p+1/t18-/m1/s1. The molecular weight excluding hydrogens is 346 g/mol. The molecular formula is C21H20NO5+. The molecule has 1 aliphatic heterocycles. The van der Waals surface area contributed by atoms with Crippen LogP contribution in [0.5, 0.6) is 5.75 Å². The average molecular weight is 366 g/mol. The number of hydrogen-bond donors (Lipinski definition) is 2. The van der Waals surface area contributed by atoms with Crippen LogP contribution in [0, 0.1) is 0 Å². The number of benzene rings is 2. The zero-order valence-electron chi connectivity index (χ0n) is 14.9. The molecule has 0 bridgehead atoms. The first-order valence-corrected chi connectivity index (χ1v) is 8.80. The lowest BCUT2D eigenvalue weighted by molar-refractivity contribution is -0.945. The van der Waals surface area contributed by atoms with Gasteiger partial charge >= 0.3 is 11.6 Å². The number of carbonyl (C=O) groups is 1. The van der Waals surface area contributed by atoms with Crippen molar-refractivity contribution < 1.29 is 24.0 Å². The molecule has 3 aromatic rings. The van der Waals surface area contributed by atoms with Gasteiger partial charge in [0.15, 0.2) is 6.04 Å². The van der Waals surface area contributed by atoms with E-state index < -0.39 is 5.63 Å². The molecule has 0 amide bonds. The number of phenolic OH excluding ortho intramolecular Hbond substituents is 1. The van der Waals surface area contributed by atoms with Crippen LogP contribution in [0.4, 0.5) is 0 Å². The number of nitrogens with one attached hydrogen (secondary N) is 1. The Morgan fingerprint density at radius 2 is 2.00 bits per heavy atom. The summed E-state index contributed by atoms with van der Waals surface area (Å²) in [5.74, 6) is -0.223. The van der Waals surface area contributed by atoms with Crippen molar-refractivity contribution >= 4 is 16.9 Å². The van der Waals surface area contributed by atoms with E-state index in [1.54, 1.807) is 12.1 Å². The topological polar surface area (TPSA) is 81.2 Å². The summed E-state index contributed by atoms with van der Waals surface area (Å²) in [4.78, 5) is 25.4. The average Bonchev–Trinajstić information content (AvgIpc) is 2.66. The molecule has 2 N–H and O–H groups in total. The van der Waals surface area contributed by atoms with Crippen molar-refractivity contribution in [2.75, 3.05) is 7.11 Å². The third-order valence-electron chi connectivity index (χ3n) is 5.17. The molecule has 27 heavy (non-hydrogen) atoms. The molecule has 1 aromatic heterocycles. The highest BCUT2D eigenvalue weighted by atomic mass is 16.5. The lowest BCUT2D eigenvalue weighted by Crippen LogP contribution is -3.15. The highest BCUT2D eigenvalue weighted by molar-refractivity contribution is 5.81. The zero-order chi connectivity index (χ0) is 19.0. The maximum atomic E-state index is 12.4. The lowest BCUT2D eigenvalue weighted by Gasteiger charge is -2.32. The number of hydrogen-bond acceptors (Lipinski definition) is 5. The fourth-order valence-corrected chi connectivity index (χ4v) is 3.85. The molecule has 2 heterocycles. The first-order chi connectivity index (χ1) is 13.0. The van der Waals surface area contributed by atoms with Gasteiger partial charge in [0.05, 0.1) is 7.11 Å². The van der Waals surface area contributed by atoms with Crippen molar-refractivity contribution in [2.45, 2.75) is 25.6 Å². The van der Waals surface area contributed by atoms with Crippen molar-refractivity contribution in [1.82, 2.24) is 0 Å². The highest BCUT2D eigenvalue weighted by Gasteiger charge is 2.36. The molecule has 6 nitrogen and oxygen atoms in total. The fourth-order valence-electron chi connectivity index (χ4n) is 3.85. The number of methoxy groups -OCH3 is 1. The minimum absolute atomic E-state index is 0.0366. The number of aromatic hydroxyl groups is 1. The second-order valence-corrected chi connectivity index (χ2v) is 6.83. The monoisotopic (exact) mass is 366 g/mol. The van der Waals surface area contributed by atoms with E-state index >= 15 is 0 Å². The van der Waals surface area contributed by atoms with Crippen molar-refractivity contribution in [1.29, 1.82) is 0 Å². The second kappa shape index (κ2) is 6.89. The van der Waals surface area contributed by atoms with E-state index in [1.807, 2.05) is 18.2 Å². The van der Waals surface area contributed by atoms with Gasteiger partial charge in [0, 0.05) is 35.1 Å². The Hall–Kier alpha value is -3.12. The summed E-state index contributed by atoms with van der Waals surface area (Å²) in [5, 5.41) is 10.4. The number of rotatable bonds is 3. The molecule has 1 unspecified atom stereocenters. The molecule has 0 spiro atoms. The minimum atomic E-state index is -0.477. The van der Waals surface area contributed by atoms with Crippen LogP contribution in [0.25, 0.3) is 11.0 Å². The molecule has 0 fully saturated rings. The van der Waals surface area contributed by atoms with E-state index in [-0.39, 0.29) is 17.8 Å². The Balaban J connectivity index is 1.75. The summed E-state index contributed by atoms with van der Waals surface area (Å²) in [7, 11) is 1.40. The third-order valence-corrected chi connectivity index (χ3v) is 5.17. The number of quaternary nitrogens is 1. The summed E-state index contributed by atoms with van der Waals surface area (Å²) >= 11 is 0. The summed E-state index contributed by atoms with van der Waals surface area (Å²) in [6.07, 6.45) is 0.596. The van der Waals surface area contributed by atoms with E-state index in [0.717, 1.165) is 21.4 Å². The molecule has 0 radical (unpaired) electrons. The summed E-state index contributed by atoms with van der Waals surface area (Å²) in [5.41, 5.74) is 2.99. The highest BCUT2D eigenvalue weighted by Crippen LogP contribution is 2.22. The SMILES string of the molecule is COC(=O)[C@H]1Cc2ccccc2C[NH+]1Cc1cc(=O)oc2cc(O)ccc12. The van der Waals surface area contributed by atoms with Gasteiger partial charge < -0.3 is 19.2 Å². The maximum absolute atomic E-state index is 12.4. The molecule has 138 valence electrons. The Morgan fingerprint density at radius 3 is 2.78 bits per heavy atom. The summed E-state index contributed by atoms with van der Waals surface area (Å²) in [6.45, 7) is 1.14. The lowest BCUT2D eigenvalue weighted by atomic mass is 9.93. The van der Waals surface area contributed by atoms with Crippen molar-refractivity contribution in [3.05, 3.63) is 75.6 Å². The fraction of sp³-hybridized carbons (Fsp3) is 0.238. The molecule has 4 rings (SSSR count). The van der Waals surface area contributed by atoms with Crippen LogP contribution < -0.4 is 10.5 Å². The van der Waals surface area contributed by atoms with Gasteiger partial charge in [-0.15, -0.1) is 0 Å². The number of carbonyl (C=O) groups excluding carboxylic acids is 1. The number of phenols is 1. The minimum Gasteiger partial charge on any atom is -0.508 e. The van der Waals surface area contributed by atoms with Crippen LogP contribution in [-0.2, 0) is 29.0 Å². The summed E-state index contributed by atoms with van der Waals surface area (Å²) < 4.78 is 10.2. The maximum Gasteiger partial charge on any atom is 0.365 e. The van der Waals surface area contributed by atoms with Gasteiger partial charge in [-0.2, -0.15) is 0 Å². The van der Waals surface area contributed by atoms with Gasteiger partial charge in [0.25, 0.3) is 0 Å². The van der Waals surface area contributed by atoms with Gasteiger partial charge in [0.2, 0.25) is 0 Å². The Kier molecular flexibility index (Phi) is 4.41. The molecule has 2 atom stereocenters. The Bertz CT molecular complexity index is 1070. The van der Waals surface area contributed by atoms with E-state index in [0.29, 0.717) is 25.1 Å². The summed E-state index contributed by atoms with van der Waals surface area (Å²) in [6, 6.07) is 13.9. The molecule has 0 aliphatic carbocycles. The van der Waals surface area contributed by atoms with E-state index in [4.69, 9.17) is 9.15 Å². The molecule has 0 saturated carbocycles. The van der Waals surface area contributed by atoms with Gasteiger partial charge in [0.1, 0.15) is 24.4 Å².